The van der Waals surface area contributed by atoms with Gasteiger partial charge in [0.25, 0.3) is 0 Å². The zero-order valence-electron chi connectivity index (χ0n) is 12.0. The number of nitrogens with two attached hydrogens (primary N) is 1. The summed E-state index contributed by atoms with van der Waals surface area (Å²) in [6.45, 7) is 4.28. The van der Waals surface area contributed by atoms with Crippen molar-refractivity contribution < 1.29 is 9.25 Å². The molecule has 0 saturated carbocycles. The number of aromatic nitrogens is 1. The van der Waals surface area contributed by atoms with Crippen molar-refractivity contribution in [3.8, 4) is 0 Å². The second-order valence-corrected chi connectivity index (χ2v) is 5.35. The molecule has 0 fully saturated rings. The molecule has 0 aliphatic rings. The number of halogens is 1. The van der Waals surface area contributed by atoms with Gasteiger partial charge in [-0.25, -0.2) is 4.98 Å². The molecule has 2 rings (SSSR count). The molecule has 21 heavy (non-hydrogen) atoms. The van der Waals surface area contributed by atoms with Gasteiger partial charge in [0.2, 0.25) is 0 Å². The molecule has 0 aliphatic heterocycles. The Morgan fingerprint density at radius 2 is 2.19 bits per heavy atom. The van der Waals surface area contributed by atoms with Crippen LogP contribution in [0.2, 0.25) is 5.02 Å². The Labute approximate surface area is 128 Å². The Morgan fingerprint density at radius 3 is 2.90 bits per heavy atom. The molecule has 0 atom stereocenters. The number of hydrogen-bond donors (Lipinski definition) is 1. The van der Waals surface area contributed by atoms with Crippen LogP contribution in [0.25, 0.3) is 0 Å². The van der Waals surface area contributed by atoms with Gasteiger partial charge in [-0.15, -0.1) is 0 Å². The second-order valence-electron chi connectivity index (χ2n) is 4.94. The van der Waals surface area contributed by atoms with Crippen LogP contribution in [0.4, 0.5) is 0 Å². The molecular formula is C15H18ClN3O2. The fraction of sp³-hybridized carbons (Fsp3) is 0.333. The summed E-state index contributed by atoms with van der Waals surface area (Å²) >= 11 is 6.07. The summed E-state index contributed by atoms with van der Waals surface area (Å²) in [5, 5.41) is 4.55. The van der Waals surface area contributed by atoms with Gasteiger partial charge in [0.1, 0.15) is 17.3 Å². The Bertz CT molecular complexity index is 623. The predicted molar refractivity (Wildman–Crippen MR) is 82.2 cm³/mol. The molecule has 1 heterocycles. The van der Waals surface area contributed by atoms with Crippen LogP contribution < -0.4 is 5.73 Å². The van der Waals surface area contributed by atoms with Crippen molar-refractivity contribution in [1.29, 1.82) is 0 Å². The highest BCUT2D eigenvalue weighted by Crippen LogP contribution is 2.19. The lowest BCUT2D eigenvalue weighted by Gasteiger charge is -2.05. The van der Waals surface area contributed by atoms with Crippen molar-refractivity contribution in [3.63, 3.8) is 0 Å². The van der Waals surface area contributed by atoms with E-state index in [2.05, 4.69) is 10.1 Å². The molecule has 0 amide bonds. The lowest BCUT2D eigenvalue weighted by molar-refractivity contribution is 0.125. The number of nitrogens with zero attached hydrogens (tertiary/aromatic N) is 2. The number of benzene rings is 1. The molecule has 0 spiro atoms. The van der Waals surface area contributed by atoms with Crippen molar-refractivity contribution in [2.75, 3.05) is 0 Å². The zero-order valence-corrected chi connectivity index (χ0v) is 12.8. The van der Waals surface area contributed by atoms with E-state index in [1.54, 1.807) is 0 Å². The van der Waals surface area contributed by atoms with E-state index in [1.165, 1.54) is 6.39 Å². The summed E-state index contributed by atoms with van der Waals surface area (Å²) in [7, 11) is 0. The fourth-order valence-electron chi connectivity index (χ4n) is 1.90. The number of oxime groups is 1. The Hall–Kier alpha value is -2.01. The molecule has 6 heteroatoms. The average Bonchev–Trinajstić information content (AvgIpc) is 2.90. The second kappa shape index (κ2) is 7.13. The van der Waals surface area contributed by atoms with Gasteiger partial charge >= 0.3 is 0 Å². The van der Waals surface area contributed by atoms with Gasteiger partial charge < -0.3 is 15.0 Å². The van der Waals surface area contributed by atoms with E-state index < -0.39 is 0 Å². The third-order valence-corrected chi connectivity index (χ3v) is 3.28. The summed E-state index contributed by atoms with van der Waals surface area (Å²) < 4.78 is 5.31. The standard InChI is InChI=1S/C15H18ClN3O2/c1-10(2)15-13(18-9-20-15)8-21-19-14(17)7-11-5-3-4-6-12(11)16/h3-6,9-10H,7-8H2,1-2H3,(H2,17,19). The monoisotopic (exact) mass is 307 g/mol. The maximum atomic E-state index is 6.07. The molecule has 0 aliphatic carbocycles. The molecule has 0 unspecified atom stereocenters. The number of hydrogen-bond acceptors (Lipinski definition) is 4. The van der Waals surface area contributed by atoms with E-state index in [9.17, 15) is 0 Å². The lowest BCUT2D eigenvalue weighted by atomic mass is 10.1. The van der Waals surface area contributed by atoms with Gasteiger partial charge in [-0.2, -0.15) is 0 Å². The van der Waals surface area contributed by atoms with E-state index in [0.717, 1.165) is 17.0 Å². The SMILES string of the molecule is CC(C)c1ocnc1CO/N=C(\N)Cc1ccccc1Cl. The van der Waals surface area contributed by atoms with E-state index in [4.69, 9.17) is 26.6 Å². The summed E-state index contributed by atoms with van der Waals surface area (Å²) in [6, 6.07) is 7.49. The first-order valence-corrected chi connectivity index (χ1v) is 7.05. The lowest BCUT2D eigenvalue weighted by Crippen LogP contribution is -2.15. The third-order valence-electron chi connectivity index (χ3n) is 2.91. The highest BCUT2D eigenvalue weighted by atomic mass is 35.5. The first-order chi connectivity index (χ1) is 10.1. The Kier molecular flexibility index (Phi) is 5.22. The van der Waals surface area contributed by atoms with Gasteiger partial charge in [0.05, 0.1) is 0 Å². The minimum atomic E-state index is 0.229. The van der Waals surface area contributed by atoms with Gasteiger partial charge in [-0.1, -0.05) is 48.8 Å². The quantitative estimate of drug-likeness (QED) is 0.503. The molecule has 0 saturated heterocycles. The molecule has 112 valence electrons. The minimum Gasteiger partial charge on any atom is -0.448 e. The molecular weight excluding hydrogens is 290 g/mol. The minimum absolute atomic E-state index is 0.229. The highest BCUT2D eigenvalue weighted by molar-refractivity contribution is 6.31. The molecule has 5 nitrogen and oxygen atoms in total. The Morgan fingerprint density at radius 1 is 1.43 bits per heavy atom. The smallest absolute Gasteiger partial charge is 0.181 e. The van der Waals surface area contributed by atoms with Crippen molar-refractivity contribution in [2.45, 2.75) is 32.8 Å². The van der Waals surface area contributed by atoms with Crippen LogP contribution in [0.3, 0.4) is 0 Å². The van der Waals surface area contributed by atoms with Crippen molar-refractivity contribution >= 4 is 17.4 Å². The van der Waals surface area contributed by atoms with E-state index in [0.29, 0.717) is 17.3 Å². The van der Waals surface area contributed by atoms with Crippen molar-refractivity contribution in [3.05, 3.63) is 52.7 Å². The van der Waals surface area contributed by atoms with E-state index in [-0.39, 0.29) is 12.5 Å². The molecule has 2 N–H and O–H groups in total. The maximum absolute atomic E-state index is 6.07. The molecule has 1 aromatic carbocycles. The fourth-order valence-corrected chi connectivity index (χ4v) is 2.10. The van der Waals surface area contributed by atoms with Gasteiger partial charge in [-0.3, -0.25) is 0 Å². The number of amidine groups is 1. The third kappa shape index (κ3) is 4.23. The van der Waals surface area contributed by atoms with Gasteiger partial charge in [0.15, 0.2) is 13.0 Å². The van der Waals surface area contributed by atoms with Crippen LogP contribution in [0.15, 0.2) is 40.2 Å². The predicted octanol–water partition coefficient (Wildman–Crippen LogP) is 3.48. The maximum Gasteiger partial charge on any atom is 0.181 e. The van der Waals surface area contributed by atoms with Gasteiger partial charge in [0, 0.05) is 17.4 Å². The zero-order chi connectivity index (χ0) is 15.2. The van der Waals surface area contributed by atoms with Crippen LogP contribution in [0, 0.1) is 0 Å². The topological polar surface area (TPSA) is 73.6 Å². The van der Waals surface area contributed by atoms with Crippen molar-refractivity contribution in [1.82, 2.24) is 4.98 Å². The van der Waals surface area contributed by atoms with Crippen LogP contribution in [-0.4, -0.2) is 10.8 Å². The molecule has 0 radical (unpaired) electrons. The highest BCUT2D eigenvalue weighted by Gasteiger charge is 2.12. The van der Waals surface area contributed by atoms with E-state index >= 15 is 0 Å². The number of rotatable bonds is 6. The first-order valence-electron chi connectivity index (χ1n) is 6.68. The van der Waals surface area contributed by atoms with E-state index in [1.807, 2.05) is 38.1 Å². The summed E-state index contributed by atoms with van der Waals surface area (Å²) in [5.74, 6) is 1.41. The largest absolute Gasteiger partial charge is 0.448 e. The molecule has 2 aromatic rings. The van der Waals surface area contributed by atoms with Crippen LogP contribution in [-0.2, 0) is 17.9 Å². The van der Waals surface area contributed by atoms with Crippen molar-refractivity contribution in [2.24, 2.45) is 10.9 Å². The molecule has 1 aromatic heterocycles. The average molecular weight is 308 g/mol. The summed E-state index contributed by atoms with van der Waals surface area (Å²) in [6.07, 6.45) is 1.85. The normalized spacial score (nSPS) is 11.9. The Balaban J connectivity index is 1.92. The van der Waals surface area contributed by atoms with Crippen LogP contribution in [0.5, 0.6) is 0 Å². The molecule has 0 bridgehead atoms. The summed E-state index contributed by atoms with van der Waals surface area (Å²) in [5.41, 5.74) is 7.48. The number of oxazole rings is 1. The summed E-state index contributed by atoms with van der Waals surface area (Å²) in [4.78, 5) is 9.35. The van der Waals surface area contributed by atoms with Gasteiger partial charge in [-0.05, 0) is 11.6 Å². The van der Waals surface area contributed by atoms with Crippen LogP contribution >= 0.6 is 11.6 Å². The first kappa shape index (κ1) is 15.4. The van der Waals surface area contributed by atoms with Crippen LogP contribution in [0.1, 0.15) is 36.8 Å².